The fourth-order valence-corrected chi connectivity index (χ4v) is 1.66. The number of aryl methyl sites for hydroxylation is 2. The average molecular weight is 952 g/mol. The number of aromatic nitrogens is 4. The summed E-state index contributed by atoms with van der Waals surface area (Å²) in [6, 6.07) is 0. The van der Waals surface area contributed by atoms with E-state index in [-0.39, 0.29) is 17.0 Å². The van der Waals surface area contributed by atoms with Gasteiger partial charge in [-0.05, 0) is 27.7 Å². The summed E-state index contributed by atoms with van der Waals surface area (Å²) in [6.07, 6.45) is 0. The number of aromatic hydroxyl groups is 1. The summed E-state index contributed by atoms with van der Waals surface area (Å²) < 4.78 is 0. The van der Waals surface area contributed by atoms with E-state index in [9.17, 15) is 4.79 Å². The monoisotopic (exact) mass is 951 g/mol. The first-order valence-electron chi connectivity index (χ1n) is 6.08. The molecule has 2 N–H and O–H groups in total. The summed E-state index contributed by atoms with van der Waals surface area (Å²) in [6.45, 7) is 6.66. The van der Waals surface area contributed by atoms with E-state index in [2.05, 4.69) is 94.4 Å². The first-order chi connectivity index (χ1) is 11.6. The Hall–Kier alpha value is 1.99. The number of hydrogen-bond donors (Lipinski definition) is 2. The number of hydrogen-bond acceptors (Lipinski definition) is 5. The van der Waals surface area contributed by atoms with Crippen LogP contribution >= 0.6 is 97.7 Å². The first kappa shape index (κ1) is 29.2. The fraction of sp³-hybridized carbons (Fsp3) is 0.333. The molecule has 0 saturated heterocycles. The number of halogens is 7. The molecule has 0 aliphatic carbocycles. The number of nitrogens with zero attached hydrogens (tertiary/aromatic N) is 3. The topological polar surface area (TPSA) is 91.8 Å². The molecule has 0 aliphatic heterocycles. The molecule has 2 aromatic heterocycles. The summed E-state index contributed by atoms with van der Waals surface area (Å²) in [4.78, 5) is 24.7. The molecule has 0 atom stereocenters. The van der Waals surface area contributed by atoms with Crippen LogP contribution in [0.25, 0.3) is 0 Å². The van der Waals surface area contributed by atoms with Gasteiger partial charge in [0.15, 0.2) is 0 Å². The predicted octanol–water partition coefficient (Wildman–Crippen LogP) is 3.04. The molecule has 0 unspecified atom stereocenters. The maximum atomic E-state index is 10.8. The van der Waals surface area contributed by atoms with Crippen molar-refractivity contribution in [2.45, 2.75) is 27.7 Å². The van der Waals surface area contributed by atoms with Crippen molar-refractivity contribution in [3.8, 4) is 5.88 Å². The number of H-pyrrole nitrogens is 1. The van der Waals surface area contributed by atoms with Crippen molar-refractivity contribution in [1.82, 2.24) is 19.9 Å². The van der Waals surface area contributed by atoms with Crippen molar-refractivity contribution in [3.63, 3.8) is 0 Å². The Bertz CT molecular complexity index is 695. The van der Waals surface area contributed by atoms with Crippen molar-refractivity contribution in [1.29, 1.82) is 0 Å². The summed E-state index contributed by atoms with van der Waals surface area (Å²) in [5.41, 5.74) is 0.699. The Morgan fingerprint density at radius 2 is 1.36 bits per heavy atom. The van der Waals surface area contributed by atoms with Crippen LogP contribution in [-0.2, 0) is 0 Å². The van der Waals surface area contributed by atoms with E-state index in [0.717, 1.165) is 5.56 Å². The third kappa shape index (κ3) is 12.9. The van der Waals surface area contributed by atoms with Gasteiger partial charge in [-0.25, -0.2) is 15.0 Å². The minimum atomic E-state index is -0.287. The van der Waals surface area contributed by atoms with Gasteiger partial charge in [-0.3, -0.25) is 4.79 Å². The molecule has 144 valence electrons. The second kappa shape index (κ2) is 16.9. The molecule has 13 heteroatoms. The average Bonchev–Trinajstić information content (AvgIpc) is 2.53. The third-order valence-electron chi connectivity index (χ3n) is 2.38. The van der Waals surface area contributed by atoms with E-state index in [1.54, 1.807) is 20.8 Å². The molecule has 0 saturated carbocycles. The molecule has 0 bridgehead atoms. The number of nitrogens with one attached hydrogen (secondary N) is 1. The molecule has 0 radical (unpaired) electrons. The van der Waals surface area contributed by atoms with E-state index < -0.39 is 0 Å². The fourth-order valence-electron chi connectivity index (χ4n) is 1.19. The van der Waals surface area contributed by atoms with Crippen molar-refractivity contribution in [2.24, 2.45) is 0 Å². The van der Waals surface area contributed by atoms with Gasteiger partial charge in [-0.2, -0.15) is 0 Å². The Kier molecular flexibility index (Phi) is 19.7. The Morgan fingerprint density at radius 3 is 1.72 bits per heavy atom. The van der Waals surface area contributed by atoms with Crippen LogP contribution < -0.4 is 18.8 Å². The molecule has 25 heavy (non-hydrogen) atoms. The van der Waals surface area contributed by atoms with Crippen molar-refractivity contribution in [2.75, 3.05) is 0 Å². The molecule has 0 aromatic carbocycles. The first-order valence-corrected chi connectivity index (χ1v) is 25.7. The van der Waals surface area contributed by atoms with Crippen LogP contribution in [0.15, 0.2) is 4.79 Å². The van der Waals surface area contributed by atoms with Crippen LogP contribution in [-0.4, -0.2) is 25.0 Å². The molecule has 0 aliphatic rings. The van der Waals surface area contributed by atoms with Gasteiger partial charge in [0, 0.05) is 42.8 Å². The SMILES string of the molecule is Cc1nc(Cl)c(C)c(Cl)n1.Cc1nc(O)c(C)c(=O)[nH]1.II.I[I-]I. The molecular weight excluding hydrogens is 938 g/mol. The van der Waals surface area contributed by atoms with E-state index in [1.807, 2.05) is 0 Å². The molecule has 6 nitrogen and oxygen atoms in total. The Labute approximate surface area is 209 Å². The Balaban J connectivity index is 0. The summed E-state index contributed by atoms with van der Waals surface area (Å²) in [7, 11) is 0. The second-order valence-corrected chi connectivity index (χ2v) is 21.1. The van der Waals surface area contributed by atoms with E-state index in [4.69, 9.17) is 28.3 Å². The van der Waals surface area contributed by atoms with Crippen LogP contribution in [0.4, 0.5) is 0 Å². The van der Waals surface area contributed by atoms with Gasteiger partial charge in [0.25, 0.3) is 5.56 Å². The molecule has 0 fully saturated rings. The second-order valence-electron chi connectivity index (χ2n) is 4.13. The van der Waals surface area contributed by atoms with Crippen LogP contribution in [0.1, 0.15) is 22.8 Å². The van der Waals surface area contributed by atoms with Crippen LogP contribution in [0.5, 0.6) is 5.88 Å². The number of rotatable bonds is 0. The van der Waals surface area contributed by atoms with Gasteiger partial charge >= 0.3 is 50.5 Å². The maximum absolute atomic E-state index is 10.8. The molecule has 2 heterocycles. The molecule has 2 rings (SSSR count). The van der Waals surface area contributed by atoms with E-state index in [0.29, 0.717) is 35.2 Å². The van der Waals surface area contributed by atoms with Crippen LogP contribution in [0.2, 0.25) is 10.3 Å². The minimum absolute atomic E-state index is 0.193. The summed E-state index contributed by atoms with van der Waals surface area (Å²) >= 11 is 20.9. The Morgan fingerprint density at radius 1 is 0.960 bits per heavy atom. The zero-order chi connectivity index (χ0) is 20.2. The summed E-state index contributed by atoms with van der Waals surface area (Å²) in [5.74, 6) is 0.829. The van der Waals surface area contributed by atoms with Gasteiger partial charge in [0.05, 0.1) is 5.56 Å². The number of aromatic amines is 1. The molecule has 2 aromatic rings. The van der Waals surface area contributed by atoms with Crippen molar-refractivity contribution < 1.29 is 18.4 Å². The van der Waals surface area contributed by atoms with Gasteiger partial charge in [0.2, 0.25) is 5.88 Å². The van der Waals surface area contributed by atoms with Gasteiger partial charge in [0.1, 0.15) is 22.0 Å². The van der Waals surface area contributed by atoms with E-state index in [1.165, 1.54) is 6.92 Å². The van der Waals surface area contributed by atoms with Gasteiger partial charge in [-0.15, -0.1) is 0 Å². The zero-order valence-electron chi connectivity index (χ0n) is 13.3. The van der Waals surface area contributed by atoms with Gasteiger partial charge in [-0.1, -0.05) is 23.2 Å². The van der Waals surface area contributed by atoms with Crippen molar-refractivity contribution >= 4 is 97.7 Å². The van der Waals surface area contributed by atoms with Gasteiger partial charge < -0.3 is 10.1 Å². The zero-order valence-corrected chi connectivity index (χ0v) is 25.6. The normalized spacial score (nSPS) is 9.04. The summed E-state index contributed by atoms with van der Waals surface area (Å²) in [5, 5.41) is 9.81. The van der Waals surface area contributed by atoms with E-state index >= 15 is 0 Å². The predicted molar refractivity (Wildman–Crippen MR) is 134 cm³/mol. The molecule has 0 spiro atoms. The van der Waals surface area contributed by atoms with Crippen LogP contribution in [0, 0.1) is 27.7 Å². The standard InChI is InChI=1S/C6H6Cl2N2.C6H8N2O2.I3.I2/c1-3-5(7)9-4(2)10-6(3)8;1-3-5(9)7-4(2)8-6(3)10;1-3-2;1-2/h1-2H3;1-2H3,(H2,7,8,9,10);;/q;;-1;. The molecule has 0 amide bonds. The van der Waals surface area contributed by atoms with Crippen LogP contribution in [0.3, 0.4) is 0 Å². The third-order valence-corrected chi connectivity index (χ3v) is 3.12. The quantitative estimate of drug-likeness (QED) is 0.314. The van der Waals surface area contributed by atoms with Crippen molar-refractivity contribution in [3.05, 3.63) is 43.4 Å². The molecular formula is C12H14Cl2I5N4O2-.